The number of halogens is 2. The number of aliphatic hydroxyl groups excluding tert-OH is 2. The van der Waals surface area contributed by atoms with E-state index in [-0.39, 0.29) is 38.0 Å². The standard InChI is InChI=1S/2C7H9O.C3H6.2ClH.Zr/c2*8-6-5-7-3-1-2-4-7;1-3-2;;;/h2*1,3,8H,2,5-6H2;1-2H3;2*1H;/q2*-1;;;;+2/p-2. The Morgan fingerprint density at radius 2 is 1.27 bits per heavy atom. The summed E-state index contributed by atoms with van der Waals surface area (Å²) >= 11 is 1.55. The first-order valence-corrected chi connectivity index (χ1v) is 8.09. The normalized spacial score (nSPS) is 13.5. The fourth-order valence-corrected chi connectivity index (χ4v) is 1.48. The maximum absolute atomic E-state index is 8.43. The average Bonchev–Trinajstić information content (AvgIpc) is 3.03. The van der Waals surface area contributed by atoms with E-state index in [9.17, 15) is 0 Å². The second-order valence-corrected chi connectivity index (χ2v) is 7.02. The largest absolute Gasteiger partial charge is 1.00 e. The second-order valence-electron chi connectivity index (χ2n) is 4.56. The van der Waals surface area contributed by atoms with Crippen LogP contribution in [0.3, 0.4) is 0 Å². The zero-order chi connectivity index (χ0) is 15.2. The van der Waals surface area contributed by atoms with Gasteiger partial charge in [-0.15, -0.1) is 12.8 Å². The molecule has 0 amide bonds. The van der Waals surface area contributed by atoms with Gasteiger partial charge in [0.15, 0.2) is 0 Å². The number of aliphatic hydroxyl groups is 2. The third-order valence-corrected chi connectivity index (χ3v) is 2.29. The van der Waals surface area contributed by atoms with Crippen molar-refractivity contribution in [2.45, 2.75) is 39.5 Å². The molecule has 0 unspecified atom stereocenters. The van der Waals surface area contributed by atoms with Crippen LogP contribution in [0.4, 0.5) is 0 Å². The Labute approximate surface area is 162 Å². The molecule has 124 valence electrons. The maximum atomic E-state index is 8.43. The van der Waals surface area contributed by atoms with Gasteiger partial charge in [0.1, 0.15) is 0 Å². The van der Waals surface area contributed by atoms with Gasteiger partial charge in [-0.1, -0.05) is 0 Å². The summed E-state index contributed by atoms with van der Waals surface area (Å²) in [6, 6.07) is 0. The molecule has 0 aromatic carbocycles. The summed E-state index contributed by atoms with van der Waals surface area (Å²) in [5.41, 5.74) is 2.29. The SMILES string of the molecule is C[C](C)=[Zr+2].OCCC1=[C-]CC=C1.OCCC1=[C-]CC=C1.[Cl-].[Cl-]. The van der Waals surface area contributed by atoms with Crippen LogP contribution in [-0.4, -0.2) is 26.6 Å². The number of hydrogen-bond donors (Lipinski definition) is 2. The zero-order valence-electron chi connectivity index (χ0n) is 13.2. The van der Waals surface area contributed by atoms with Gasteiger partial charge in [-0.25, -0.2) is 23.3 Å². The van der Waals surface area contributed by atoms with Crippen LogP contribution >= 0.6 is 0 Å². The summed E-state index contributed by atoms with van der Waals surface area (Å²) in [6.45, 7) is 4.73. The van der Waals surface area contributed by atoms with Crippen molar-refractivity contribution in [2.75, 3.05) is 13.2 Å². The van der Waals surface area contributed by atoms with Gasteiger partial charge in [-0.2, -0.15) is 12.2 Å². The van der Waals surface area contributed by atoms with Crippen LogP contribution in [0.5, 0.6) is 0 Å². The van der Waals surface area contributed by atoms with Gasteiger partial charge in [0.2, 0.25) is 0 Å². The summed E-state index contributed by atoms with van der Waals surface area (Å²) < 4.78 is 1.51. The Morgan fingerprint density at radius 3 is 1.45 bits per heavy atom. The smallest absolute Gasteiger partial charge is 0.0442 e. The van der Waals surface area contributed by atoms with Crippen LogP contribution in [0.2, 0.25) is 0 Å². The summed E-state index contributed by atoms with van der Waals surface area (Å²) in [5.74, 6) is 0. The summed E-state index contributed by atoms with van der Waals surface area (Å²) in [5, 5.41) is 16.9. The molecule has 0 heterocycles. The van der Waals surface area contributed by atoms with Crippen LogP contribution in [-0.2, 0) is 24.2 Å². The minimum Gasteiger partial charge on any atom is -1.00 e. The Hall–Kier alpha value is 0.213. The monoisotopic (exact) mass is 420 g/mol. The quantitative estimate of drug-likeness (QED) is 0.471. The van der Waals surface area contributed by atoms with E-state index in [1.165, 1.54) is 3.21 Å². The first-order valence-electron chi connectivity index (χ1n) is 6.86. The van der Waals surface area contributed by atoms with Crippen molar-refractivity contribution in [3.05, 3.63) is 47.6 Å². The molecule has 0 aliphatic heterocycles. The molecule has 22 heavy (non-hydrogen) atoms. The summed E-state index contributed by atoms with van der Waals surface area (Å²) in [7, 11) is 0. The fraction of sp³-hybridized carbons (Fsp3) is 0.471. The van der Waals surface area contributed by atoms with E-state index < -0.39 is 0 Å². The predicted molar refractivity (Wildman–Crippen MR) is 80.8 cm³/mol. The molecule has 0 aromatic rings. The molecular weight excluding hydrogens is 398 g/mol. The van der Waals surface area contributed by atoms with Crippen molar-refractivity contribution in [3.63, 3.8) is 0 Å². The molecule has 2 aliphatic rings. The summed E-state index contributed by atoms with van der Waals surface area (Å²) in [4.78, 5) is 0. The van der Waals surface area contributed by atoms with E-state index in [1.54, 1.807) is 24.2 Å². The number of rotatable bonds is 4. The predicted octanol–water partition coefficient (Wildman–Crippen LogP) is -3.13. The van der Waals surface area contributed by atoms with Crippen molar-refractivity contribution in [3.8, 4) is 0 Å². The second kappa shape index (κ2) is 19.3. The molecule has 0 saturated carbocycles. The maximum Gasteiger partial charge on any atom is 0.0442 e. The Bertz CT molecular complexity index is 363. The molecule has 0 aromatic heterocycles. The van der Waals surface area contributed by atoms with Crippen molar-refractivity contribution >= 4 is 3.21 Å². The molecule has 2 rings (SSSR count). The van der Waals surface area contributed by atoms with E-state index in [0.29, 0.717) is 0 Å². The number of hydrogen-bond acceptors (Lipinski definition) is 2. The zero-order valence-corrected chi connectivity index (χ0v) is 17.2. The van der Waals surface area contributed by atoms with Gasteiger partial charge in [0, 0.05) is 13.2 Å². The van der Waals surface area contributed by atoms with E-state index in [2.05, 4.69) is 26.0 Å². The first-order chi connectivity index (χ1) is 9.60. The first kappa shape index (κ1) is 27.1. The third kappa shape index (κ3) is 18.3. The molecule has 0 atom stereocenters. The molecule has 0 bridgehead atoms. The van der Waals surface area contributed by atoms with Crippen molar-refractivity contribution in [1.29, 1.82) is 0 Å². The van der Waals surface area contributed by atoms with Crippen LogP contribution in [0.1, 0.15) is 39.5 Å². The van der Waals surface area contributed by atoms with E-state index in [0.717, 1.165) is 36.8 Å². The van der Waals surface area contributed by atoms with Crippen LogP contribution < -0.4 is 24.8 Å². The van der Waals surface area contributed by atoms with Crippen LogP contribution in [0.25, 0.3) is 0 Å². The van der Waals surface area contributed by atoms with E-state index in [1.807, 2.05) is 24.3 Å². The summed E-state index contributed by atoms with van der Waals surface area (Å²) in [6.07, 6.45) is 17.7. The van der Waals surface area contributed by atoms with Crippen molar-refractivity contribution in [2.24, 2.45) is 0 Å². The Morgan fingerprint density at radius 1 is 0.955 bits per heavy atom. The minimum absolute atomic E-state index is 0. The number of allylic oxidation sites excluding steroid dienone is 6. The third-order valence-electron chi connectivity index (χ3n) is 2.29. The van der Waals surface area contributed by atoms with Crippen LogP contribution in [0.15, 0.2) is 35.5 Å². The van der Waals surface area contributed by atoms with E-state index >= 15 is 0 Å². The molecular formula is C17H24Cl2O2Zr-2. The van der Waals surface area contributed by atoms with E-state index in [4.69, 9.17) is 10.2 Å². The average molecular weight is 423 g/mol. The Balaban J connectivity index is -0.000000249. The van der Waals surface area contributed by atoms with Gasteiger partial charge >= 0.3 is 41.3 Å². The molecule has 5 heteroatoms. The molecule has 2 N–H and O–H groups in total. The molecule has 0 radical (unpaired) electrons. The van der Waals surface area contributed by atoms with Crippen molar-refractivity contribution < 1.29 is 59.3 Å². The van der Waals surface area contributed by atoms with Crippen LogP contribution in [0, 0.1) is 12.2 Å². The van der Waals surface area contributed by atoms with Gasteiger partial charge in [-0.3, -0.25) is 12.2 Å². The topological polar surface area (TPSA) is 40.5 Å². The van der Waals surface area contributed by atoms with Crippen molar-refractivity contribution in [1.82, 2.24) is 0 Å². The minimum atomic E-state index is 0. The van der Waals surface area contributed by atoms with Gasteiger partial charge in [0.25, 0.3) is 0 Å². The molecule has 0 spiro atoms. The molecule has 0 saturated heterocycles. The fourth-order valence-electron chi connectivity index (χ4n) is 1.48. The van der Waals surface area contributed by atoms with Gasteiger partial charge in [0.05, 0.1) is 0 Å². The molecule has 2 aliphatic carbocycles. The molecule has 2 nitrogen and oxygen atoms in total. The van der Waals surface area contributed by atoms with Gasteiger partial charge < -0.3 is 35.0 Å². The Kier molecular flexibility index (Phi) is 23.7. The van der Waals surface area contributed by atoms with Gasteiger partial charge in [-0.05, 0) is 12.8 Å². The molecule has 0 fully saturated rings.